The number of allylic oxidation sites excluding steroid dienone is 1. The molecule has 1 unspecified atom stereocenters. The smallest absolute Gasteiger partial charge is 0.0856 e. The molecule has 0 bridgehead atoms. The molecule has 2 aliphatic rings. The molecule has 0 aromatic carbocycles. The number of rotatable bonds is 2. The van der Waals surface area contributed by atoms with Crippen molar-refractivity contribution in [2.45, 2.75) is 76.7 Å². The molecule has 2 rings (SSSR count). The Kier molecular flexibility index (Phi) is 4.07. The third-order valence-corrected chi connectivity index (χ3v) is 4.59. The summed E-state index contributed by atoms with van der Waals surface area (Å²) in [6.07, 6.45) is 15.0. The molecule has 0 heterocycles. The van der Waals surface area contributed by atoms with Crippen LogP contribution in [-0.2, 0) is 0 Å². The van der Waals surface area contributed by atoms with Gasteiger partial charge in [0.15, 0.2) is 0 Å². The van der Waals surface area contributed by atoms with E-state index in [9.17, 15) is 5.11 Å². The molecular weight excluding hydrogens is 196 g/mol. The lowest BCUT2D eigenvalue weighted by Crippen LogP contribution is -2.38. The highest BCUT2D eigenvalue weighted by Gasteiger charge is 2.35. The van der Waals surface area contributed by atoms with Gasteiger partial charge in [-0.15, -0.1) is 0 Å². The first-order chi connectivity index (χ1) is 7.71. The molecule has 0 aromatic rings. The Hall–Kier alpha value is -0.300. The second-order valence-corrected chi connectivity index (χ2v) is 5.81. The first-order valence-corrected chi connectivity index (χ1v) is 7.13. The summed E-state index contributed by atoms with van der Waals surface area (Å²) < 4.78 is 0. The van der Waals surface area contributed by atoms with Gasteiger partial charge in [-0.2, -0.15) is 0 Å². The molecule has 1 atom stereocenters. The predicted molar refractivity (Wildman–Crippen MR) is 68.4 cm³/mol. The summed E-state index contributed by atoms with van der Waals surface area (Å²) in [4.78, 5) is 0. The molecule has 1 N–H and O–H groups in total. The lowest BCUT2D eigenvalue weighted by molar-refractivity contribution is 0.0139. The minimum absolute atomic E-state index is 0.509. The number of aliphatic hydroxyl groups is 1. The fourth-order valence-corrected chi connectivity index (χ4v) is 3.40. The maximum Gasteiger partial charge on any atom is 0.0856 e. The normalized spacial score (nSPS) is 28.0. The van der Waals surface area contributed by atoms with Crippen LogP contribution in [0.2, 0.25) is 0 Å². The summed E-state index contributed by atoms with van der Waals surface area (Å²) in [5.74, 6) is 0.519. The van der Waals surface area contributed by atoms with Crippen LogP contribution in [0.5, 0.6) is 0 Å². The summed E-state index contributed by atoms with van der Waals surface area (Å²) in [5, 5.41) is 10.8. The van der Waals surface area contributed by atoms with Crippen LogP contribution in [-0.4, -0.2) is 10.7 Å². The molecular formula is C15H26O. The van der Waals surface area contributed by atoms with Crippen molar-refractivity contribution in [3.8, 4) is 0 Å². The van der Waals surface area contributed by atoms with Gasteiger partial charge in [0.1, 0.15) is 0 Å². The van der Waals surface area contributed by atoms with Gasteiger partial charge in [0.2, 0.25) is 0 Å². The van der Waals surface area contributed by atoms with E-state index in [1.165, 1.54) is 63.4 Å². The summed E-state index contributed by atoms with van der Waals surface area (Å²) in [6.45, 7) is 2.07. The van der Waals surface area contributed by atoms with Gasteiger partial charge in [0, 0.05) is 0 Å². The van der Waals surface area contributed by atoms with Crippen molar-refractivity contribution < 1.29 is 5.11 Å². The SMILES string of the molecule is CC(O)(C1=CCCCCC1)C1CCCCC1. The van der Waals surface area contributed by atoms with Crippen molar-refractivity contribution in [1.82, 2.24) is 0 Å². The van der Waals surface area contributed by atoms with Crippen molar-refractivity contribution in [3.05, 3.63) is 11.6 Å². The number of hydrogen-bond acceptors (Lipinski definition) is 1. The Bertz CT molecular complexity index is 246. The van der Waals surface area contributed by atoms with Gasteiger partial charge in [-0.05, 0) is 56.9 Å². The van der Waals surface area contributed by atoms with Crippen molar-refractivity contribution in [1.29, 1.82) is 0 Å². The van der Waals surface area contributed by atoms with Gasteiger partial charge >= 0.3 is 0 Å². The van der Waals surface area contributed by atoms with Gasteiger partial charge < -0.3 is 5.11 Å². The first kappa shape index (κ1) is 12.2. The van der Waals surface area contributed by atoms with Crippen molar-refractivity contribution in [3.63, 3.8) is 0 Å². The fraction of sp³-hybridized carbons (Fsp3) is 0.867. The van der Waals surface area contributed by atoms with E-state index in [0.29, 0.717) is 5.92 Å². The van der Waals surface area contributed by atoms with E-state index < -0.39 is 5.60 Å². The molecule has 1 saturated carbocycles. The van der Waals surface area contributed by atoms with Crippen LogP contribution >= 0.6 is 0 Å². The quantitative estimate of drug-likeness (QED) is 0.694. The zero-order chi connectivity index (χ0) is 11.4. The average Bonchev–Trinajstić information content (AvgIpc) is 2.59. The van der Waals surface area contributed by atoms with Crippen molar-refractivity contribution >= 4 is 0 Å². The van der Waals surface area contributed by atoms with E-state index in [0.717, 1.165) is 6.42 Å². The Balaban J connectivity index is 2.06. The van der Waals surface area contributed by atoms with Gasteiger partial charge in [0.05, 0.1) is 5.60 Å². The maximum absolute atomic E-state index is 10.8. The summed E-state index contributed by atoms with van der Waals surface area (Å²) in [6, 6.07) is 0. The molecule has 1 heteroatoms. The van der Waals surface area contributed by atoms with Gasteiger partial charge in [-0.1, -0.05) is 31.8 Å². The van der Waals surface area contributed by atoms with Crippen LogP contribution < -0.4 is 0 Å². The first-order valence-electron chi connectivity index (χ1n) is 7.13. The van der Waals surface area contributed by atoms with Crippen LogP contribution in [0.4, 0.5) is 0 Å². The Morgan fingerprint density at radius 3 is 2.50 bits per heavy atom. The maximum atomic E-state index is 10.8. The fourth-order valence-electron chi connectivity index (χ4n) is 3.40. The minimum Gasteiger partial charge on any atom is -0.386 e. The Morgan fingerprint density at radius 1 is 1.06 bits per heavy atom. The molecule has 2 aliphatic carbocycles. The van der Waals surface area contributed by atoms with Gasteiger partial charge in [-0.3, -0.25) is 0 Å². The Labute approximate surface area is 99.9 Å². The lowest BCUT2D eigenvalue weighted by atomic mass is 9.73. The van der Waals surface area contributed by atoms with Crippen LogP contribution in [0.15, 0.2) is 11.6 Å². The highest BCUT2D eigenvalue weighted by Crippen LogP contribution is 2.39. The molecule has 0 spiro atoms. The zero-order valence-corrected chi connectivity index (χ0v) is 10.7. The predicted octanol–water partition coefficient (Wildman–Crippen LogP) is 4.21. The molecule has 0 aromatic heterocycles. The second kappa shape index (κ2) is 5.35. The molecule has 0 saturated heterocycles. The monoisotopic (exact) mass is 222 g/mol. The van der Waals surface area contributed by atoms with E-state index in [1.54, 1.807) is 0 Å². The molecule has 1 fully saturated rings. The molecule has 16 heavy (non-hydrogen) atoms. The summed E-state index contributed by atoms with van der Waals surface area (Å²) in [7, 11) is 0. The summed E-state index contributed by atoms with van der Waals surface area (Å²) in [5.41, 5.74) is 0.835. The highest BCUT2D eigenvalue weighted by molar-refractivity contribution is 5.18. The van der Waals surface area contributed by atoms with Gasteiger partial charge in [0.25, 0.3) is 0 Å². The number of hydrogen-bond donors (Lipinski definition) is 1. The van der Waals surface area contributed by atoms with E-state index in [-0.39, 0.29) is 0 Å². The zero-order valence-electron chi connectivity index (χ0n) is 10.7. The van der Waals surface area contributed by atoms with Gasteiger partial charge in [-0.25, -0.2) is 0 Å². The van der Waals surface area contributed by atoms with E-state index in [2.05, 4.69) is 13.0 Å². The summed E-state index contributed by atoms with van der Waals surface area (Å²) >= 11 is 0. The molecule has 0 aliphatic heterocycles. The third-order valence-electron chi connectivity index (χ3n) is 4.59. The van der Waals surface area contributed by atoms with Crippen molar-refractivity contribution in [2.24, 2.45) is 5.92 Å². The molecule has 0 radical (unpaired) electrons. The second-order valence-electron chi connectivity index (χ2n) is 5.81. The van der Waals surface area contributed by atoms with E-state index in [1.807, 2.05) is 0 Å². The highest BCUT2D eigenvalue weighted by atomic mass is 16.3. The lowest BCUT2D eigenvalue weighted by Gasteiger charge is -2.37. The molecule has 0 amide bonds. The van der Waals surface area contributed by atoms with Crippen LogP contribution in [0, 0.1) is 5.92 Å². The third kappa shape index (κ3) is 2.68. The molecule has 1 nitrogen and oxygen atoms in total. The minimum atomic E-state index is -0.509. The van der Waals surface area contributed by atoms with Crippen LogP contribution in [0.1, 0.15) is 71.1 Å². The average molecular weight is 222 g/mol. The largest absolute Gasteiger partial charge is 0.386 e. The standard InChI is InChI=1S/C15H26O/c1-15(16,14-11-7-4-8-12-14)13-9-5-2-3-6-10-13/h9,14,16H,2-8,10-12H2,1H3. The van der Waals surface area contributed by atoms with E-state index in [4.69, 9.17) is 0 Å². The molecule has 92 valence electrons. The van der Waals surface area contributed by atoms with Crippen molar-refractivity contribution in [2.75, 3.05) is 0 Å². The Morgan fingerprint density at radius 2 is 1.75 bits per heavy atom. The van der Waals surface area contributed by atoms with E-state index >= 15 is 0 Å². The topological polar surface area (TPSA) is 20.2 Å². The van der Waals surface area contributed by atoms with Crippen LogP contribution in [0.25, 0.3) is 0 Å². The van der Waals surface area contributed by atoms with Crippen LogP contribution in [0.3, 0.4) is 0 Å².